The van der Waals surface area contributed by atoms with Gasteiger partial charge in [0.05, 0.1) is 6.61 Å². The molecular formula is C12H26N2O2. The molecule has 0 aromatic carbocycles. The van der Waals surface area contributed by atoms with Crippen LogP contribution in [0.4, 0.5) is 0 Å². The molecule has 4 heteroatoms. The average molecular weight is 230 g/mol. The van der Waals surface area contributed by atoms with E-state index in [2.05, 4.69) is 11.5 Å². The van der Waals surface area contributed by atoms with Crippen LogP contribution in [0.1, 0.15) is 12.8 Å². The van der Waals surface area contributed by atoms with Gasteiger partial charge in [-0.1, -0.05) is 6.08 Å². The topological polar surface area (TPSA) is 47.7 Å². The van der Waals surface area contributed by atoms with Gasteiger partial charge in [-0.05, 0) is 12.8 Å². The molecule has 0 fully saturated rings. The summed E-state index contributed by atoms with van der Waals surface area (Å²) < 4.78 is 10.1. The molecule has 1 atom stereocenters. The van der Waals surface area contributed by atoms with E-state index in [1.807, 2.05) is 6.08 Å². The first-order valence-electron chi connectivity index (χ1n) is 5.81. The summed E-state index contributed by atoms with van der Waals surface area (Å²) >= 11 is 0. The third-order valence-corrected chi connectivity index (χ3v) is 2.42. The second-order valence-corrected chi connectivity index (χ2v) is 3.94. The number of methoxy groups -OCH3 is 2. The van der Waals surface area contributed by atoms with Crippen molar-refractivity contribution in [1.82, 2.24) is 4.90 Å². The van der Waals surface area contributed by atoms with E-state index in [-0.39, 0.29) is 6.04 Å². The van der Waals surface area contributed by atoms with Gasteiger partial charge in [0.1, 0.15) is 0 Å². The maximum atomic E-state index is 6.05. The highest BCUT2D eigenvalue weighted by molar-refractivity contribution is 4.76. The second kappa shape index (κ2) is 11.1. The smallest absolute Gasteiger partial charge is 0.0589 e. The Hall–Kier alpha value is -0.420. The van der Waals surface area contributed by atoms with Crippen molar-refractivity contribution in [1.29, 1.82) is 0 Å². The van der Waals surface area contributed by atoms with Gasteiger partial charge < -0.3 is 15.2 Å². The maximum absolute atomic E-state index is 6.05. The highest BCUT2D eigenvalue weighted by atomic mass is 16.5. The quantitative estimate of drug-likeness (QED) is 0.423. The number of hydrogen-bond donors (Lipinski definition) is 1. The fourth-order valence-electron chi connectivity index (χ4n) is 1.57. The van der Waals surface area contributed by atoms with Crippen LogP contribution in [0.25, 0.3) is 0 Å². The van der Waals surface area contributed by atoms with Gasteiger partial charge in [0.15, 0.2) is 0 Å². The van der Waals surface area contributed by atoms with Gasteiger partial charge >= 0.3 is 0 Å². The van der Waals surface area contributed by atoms with Crippen LogP contribution in [0.2, 0.25) is 0 Å². The van der Waals surface area contributed by atoms with Gasteiger partial charge in [-0.25, -0.2) is 0 Å². The predicted molar refractivity (Wildman–Crippen MR) is 67.6 cm³/mol. The Balaban J connectivity index is 3.73. The molecule has 16 heavy (non-hydrogen) atoms. The van der Waals surface area contributed by atoms with Crippen molar-refractivity contribution in [2.45, 2.75) is 18.9 Å². The lowest BCUT2D eigenvalue weighted by molar-refractivity contribution is 0.147. The predicted octanol–water partition coefficient (Wildman–Crippen LogP) is 0.875. The minimum absolute atomic E-state index is 0.201. The SMILES string of the molecule is C=CCN(CCOC)CC(N)CCCOC. The molecule has 0 aliphatic carbocycles. The van der Waals surface area contributed by atoms with Crippen LogP contribution in [-0.4, -0.2) is 58.0 Å². The molecule has 0 aromatic rings. The molecule has 0 aliphatic heterocycles. The monoisotopic (exact) mass is 230 g/mol. The zero-order chi connectivity index (χ0) is 12.2. The minimum atomic E-state index is 0.201. The normalized spacial score (nSPS) is 13.0. The molecule has 0 aliphatic rings. The van der Waals surface area contributed by atoms with Gasteiger partial charge in [-0.3, -0.25) is 4.90 Å². The largest absolute Gasteiger partial charge is 0.385 e. The average Bonchev–Trinajstić information content (AvgIpc) is 2.26. The molecule has 0 amide bonds. The standard InChI is InChI=1S/C12H26N2O2/c1-4-7-14(8-10-16-3)11-12(13)6-5-9-15-2/h4,12H,1,5-11,13H2,2-3H3. The summed E-state index contributed by atoms with van der Waals surface area (Å²) in [5, 5.41) is 0. The van der Waals surface area contributed by atoms with Crippen molar-refractivity contribution < 1.29 is 9.47 Å². The number of hydrogen-bond acceptors (Lipinski definition) is 4. The lowest BCUT2D eigenvalue weighted by Crippen LogP contribution is -2.39. The summed E-state index contributed by atoms with van der Waals surface area (Å²) in [6.45, 7) is 7.92. The highest BCUT2D eigenvalue weighted by Gasteiger charge is 2.08. The Kier molecular flexibility index (Phi) is 10.8. The first-order valence-corrected chi connectivity index (χ1v) is 5.81. The summed E-state index contributed by atoms with van der Waals surface area (Å²) in [7, 11) is 3.43. The fourth-order valence-corrected chi connectivity index (χ4v) is 1.57. The van der Waals surface area contributed by atoms with Gasteiger partial charge in [-0.15, -0.1) is 6.58 Å². The van der Waals surface area contributed by atoms with Crippen molar-refractivity contribution in [2.24, 2.45) is 5.73 Å². The molecule has 0 heterocycles. The van der Waals surface area contributed by atoms with E-state index < -0.39 is 0 Å². The molecule has 0 saturated heterocycles. The fraction of sp³-hybridized carbons (Fsp3) is 0.833. The van der Waals surface area contributed by atoms with E-state index in [1.165, 1.54) is 0 Å². The number of nitrogens with two attached hydrogens (primary N) is 1. The Morgan fingerprint density at radius 2 is 2.00 bits per heavy atom. The molecule has 4 nitrogen and oxygen atoms in total. The third kappa shape index (κ3) is 8.85. The van der Waals surface area contributed by atoms with Crippen molar-refractivity contribution >= 4 is 0 Å². The van der Waals surface area contributed by atoms with Gasteiger partial charge in [0.25, 0.3) is 0 Å². The number of nitrogens with zero attached hydrogens (tertiary/aromatic N) is 1. The van der Waals surface area contributed by atoms with Crippen LogP contribution in [0.5, 0.6) is 0 Å². The van der Waals surface area contributed by atoms with Crippen molar-refractivity contribution in [3.63, 3.8) is 0 Å². The van der Waals surface area contributed by atoms with Crippen LogP contribution in [-0.2, 0) is 9.47 Å². The molecule has 1 unspecified atom stereocenters. The molecule has 0 saturated carbocycles. The molecule has 2 N–H and O–H groups in total. The Morgan fingerprint density at radius 1 is 1.31 bits per heavy atom. The lowest BCUT2D eigenvalue weighted by atomic mass is 10.1. The van der Waals surface area contributed by atoms with Gasteiger partial charge in [0.2, 0.25) is 0 Å². The van der Waals surface area contributed by atoms with E-state index >= 15 is 0 Å². The van der Waals surface area contributed by atoms with Crippen LogP contribution in [0.15, 0.2) is 12.7 Å². The summed E-state index contributed by atoms with van der Waals surface area (Å²) in [4.78, 5) is 2.26. The molecular weight excluding hydrogens is 204 g/mol. The Bertz CT molecular complexity index is 165. The minimum Gasteiger partial charge on any atom is -0.385 e. The first kappa shape index (κ1) is 15.6. The van der Waals surface area contributed by atoms with Gasteiger partial charge in [0, 0.05) is 46.5 Å². The second-order valence-electron chi connectivity index (χ2n) is 3.94. The van der Waals surface area contributed by atoms with Crippen molar-refractivity contribution in [3.05, 3.63) is 12.7 Å². The van der Waals surface area contributed by atoms with E-state index in [1.54, 1.807) is 14.2 Å². The van der Waals surface area contributed by atoms with E-state index in [0.29, 0.717) is 0 Å². The summed E-state index contributed by atoms with van der Waals surface area (Å²) in [5.41, 5.74) is 6.05. The molecule has 0 aromatic heterocycles. The Labute approximate surface area is 99.4 Å². The molecule has 0 radical (unpaired) electrons. The maximum Gasteiger partial charge on any atom is 0.0589 e. The molecule has 96 valence electrons. The lowest BCUT2D eigenvalue weighted by Gasteiger charge is -2.24. The van der Waals surface area contributed by atoms with E-state index in [4.69, 9.17) is 15.2 Å². The first-order chi connectivity index (χ1) is 7.74. The van der Waals surface area contributed by atoms with Crippen molar-refractivity contribution in [3.8, 4) is 0 Å². The van der Waals surface area contributed by atoms with Gasteiger partial charge in [-0.2, -0.15) is 0 Å². The summed E-state index contributed by atoms with van der Waals surface area (Å²) in [6.07, 6.45) is 3.91. The summed E-state index contributed by atoms with van der Waals surface area (Å²) in [5.74, 6) is 0. The number of ether oxygens (including phenoxy) is 2. The zero-order valence-corrected chi connectivity index (χ0v) is 10.7. The highest BCUT2D eigenvalue weighted by Crippen LogP contribution is 1.99. The molecule has 0 rings (SSSR count). The zero-order valence-electron chi connectivity index (χ0n) is 10.7. The number of rotatable bonds is 11. The van der Waals surface area contributed by atoms with E-state index in [0.717, 1.165) is 45.7 Å². The third-order valence-electron chi connectivity index (χ3n) is 2.42. The Morgan fingerprint density at radius 3 is 2.56 bits per heavy atom. The summed E-state index contributed by atoms with van der Waals surface area (Å²) in [6, 6.07) is 0.201. The van der Waals surface area contributed by atoms with Crippen LogP contribution in [0, 0.1) is 0 Å². The van der Waals surface area contributed by atoms with E-state index in [9.17, 15) is 0 Å². The van der Waals surface area contributed by atoms with Crippen LogP contribution < -0.4 is 5.73 Å². The van der Waals surface area contributed by atoms with Crippen LogP contribution >= 0.6 is 0 Å². The molecule has 0 spiro atoms. The van der Waals surface area contributed by atoms with Crippen LogP contribution in [0.3, 0.4) is 0 Å². The molecule has 0 bridgehead atoms. The van der Waals surface area contributed by atoms with Crippen molar-refractivity contribution in [2.75, 3.05) is 47.1 Å².